The number of guanidine groups is 1. The zero-order valence-corrected chi connectivity index (χ0v) is 18.7. The smallest absolute Gasteiger partial charge is 0.191 e. The molecule has 162 valence electrons. The fraction of sp³-hybridized carbons (Fsp3) is 0.708. The van der Waals surface area contributed by atoms with Gasteiger partial charge in [0, 0.05) is 38.3 Å². The first kappa shape index (κ1) is 22.1. The fourth-order valence-electron chi connectivity index (χ4n) is 4.63. The molecule has 1 aromatic rings. The Bertz CT molecular complexity index is 609. The average Bonchev–Trinajstić information content (AvgIpc) is 2.72. The third-order valence-corrected chi connectivity index (χ3v) is 6.57. The largest absolute Gasteiger partial charge is 0.357 e. The standard InChI is InChI=1S/C24H41N5/c1-4-25-24(26-14-10-21-11-15-28(3)16-12-21)27-23-13-17-29(20(2)18-23)19-22-8-6-5-7-9-22/h5-9,20-21,23H,4,10-19H2,1-3H3,(H2,25,26,27). The molecule has 2 atom stereocenters. The number of nitrogens with one attached hydrogen (secondary N) is 2. The maximum atomic E-state index is 4.90. The molecule has 5 heteroatoms. The van der Waals surface area contributed by atoms with Crippen LogP contribution < -0.4 is 10.6 Å². The number of rotatable bonds is 7. The van der Waals surface area contributed by atoms with E-state index in [9.17, 15) is 0 Å². The quantitative estimate of drug-likeness (QED) is 0.545. The van der Waals surface area contributed by atoms with Gasteiger partial charge in [0.1, 0.15) is 0 Å². The number of benzene rings is 1. The second-order valence-corrected chi connectivity index (χ2v) is 8.97. The SMILES string of the molecule is CCNC(=NCCC1CCN(C)CC1)NC1CCN(Cc2ccccc2)C(C)C1. The maximum absolute atomic E-state index is 4.90. The molecule has 29 heavy (non-hydrogen) atoms. The zero-order chi connectivity index (χ0) is 20.5. The van der Waals surface area contributed by atoms with Crippen LogP contribution in [0.2, 0.25) is 0 Å². The highest BCUT2D eigenvalue weighted by Gasteiger charge is 2.26. The average molecular weight is 400 g/mol. The Morgan fingerprint density at radius 2 is 1.86 bits per heavy atom. The molecule has 2 N–H and O–H groups in total. The van der Waals surface area contributed by atoms with Crippen LogP contribution >= 0.6 is 0 Å². The van der Waals surface area contributed by atoms with Crippen molar-refractivity contribution in [2.45, 2.75) is 64.6 Å². The van der Waals surface area contributed by atoms with E-state index in [2.05, 4.69) is 71.7 Å². The Balaban J connectivity index is 1.44. The molecule has 2 saturated heterocycles. The molecule has 3 rings (SSSR count). The van der Waals surface area contributed by atoms with Crippen LogP contribution in [0.15, 0.2) is 35.3 Å². The Hall–Kier alpha value is -1.59. The highest BCUT2D eigenvalue weighted by atomic mass is 15.2. The topological polar surface area (TPSA) is 42.9 Å². The van der Waals surface area contributed by atoms with Crippen LogP contribution in [0, 0.1) is 5.92 Å². The van der Waals surface area contributed by atoms with Crippen molar-refractivity contribution in [3.8, 4) is 0 Å². The number of likely N-dealkylation sites (tertiary alicyclic amines) is 2. The van der Waals surface area contributed by atoms with Gasteiger partial charge >= 0.3 is 0 Å². The van der Waals surface area contributed by atoms with Crippen molar-refractivity contribution < 1.29 is 0 Å². The van der Waals surface area contributed by atoms with E-state index in [1.54, 1.807) is 0 Å². The number of nitrogens with zero attached hydrogens (tertiary/aromatic N) is 3. The molecule has 2 unspecified atom stereocenters. The van der Waals surface area contributed by atoms with Crippen LogP contribution in [0.5, 0.6) is 0 Å². The van der Waals surface area contributed by atoms with E-state index in [1.165, 1.54) is 50.8 Å². The number of hydrogen-bond acceptors (Lipinski definition) is 3. The number of aliphatic imine (C=N–C) groups is 1. The van der Waals surface area contributed by atoms with E-state index < -0.39 is 0 Å². The third kappa shape index (κ3) is 7.31. The van der Waals surface area contributed by atoms with Crippen molar-refractivity contribution in [1.29, 1.82) is 0 Å². The Morgan fingerprint density at radius 1 is 1.10 bits per heavy atom. The zero-order valence-electron chi connectivity index (χ0n) is 18.7. The van der Waals surface area contributed by atoms with Crippen molar-refractivity contribution >= 4 is 5.96 Å². The van der Waals surface area contributed by atoms with E-state index in [1.807, 2.05) is 0 Å². The molecule has 2 heterocycles. The summed E-state index contributed by atoms with van der Waals surface area (Å²) in [7, 11) is 2.23. The summed E-state index contributed by atoms with van der Waals surface area (Å²) in [6.45, 7) is 11.1. The van der Waals surface area contributed by atoms with Gasteiger partial charge in [-0.3, -0.25) is 9.89 Å². The normalized spacial score (nSPS) is 25.1. The summed E-state index contributed by atoms with van der Waals surface area (Å²) in [5, 5.41) is 7.18. The molecule has 5 nitrogen and oxygen atoms in total. The minimum absolute atomic E-state index is 0.512. The van der Waals surface area contributed by atoms with Gasteiger partial charge in [0.05, 0.1) is 0 Å². The minimum atomic E-state index is 0.512. The minimum Gasteiger partial charge on any atom is -0.357 e. The highest BCUT2D eigenvalue weighted by molar-refractivity contribution is 5.80. The van der Waals surface area contributed by atoms with Gasteiger partial charge in [0.2, 0.25) is 0 Å². The Kier molecular flexibility index (Phi) is 8.81. The Morgan fingerprint density at radius 3 is 2.55 bits per heavy atom. The first-order chi connectivity index (χ1) is 14.1. The summed E-state index contributed by atoms with van der Waals surface area (Å²) in [4.78, 5) is 9.95. The van der Waals surface area contributed by atoms with Crippen LogP contribution in [0.1, 0.15) is 51.5 Å². The maximum Gasteiger partial charge on any atom is 0.191 e. The third-order valence-electron chi connectivity index (χ3n) is 6.57. The van der Waals surface area contributed by atoms with Crippen LogP contribution in [0.3, 0.4) is 0 Å². The van der Waals surface area contributed by atoms with Crippen molar-refractivity contribution in [2.75, 3.05) is 39.8 Å². The van der Waals surface area contributed by atoms with E-state index >= 15 is 0 Å². The molecular weight excluding hydrogens is 358 g/mol. The molecule has 0 spiro atoms. The molecule has 0 amide bonds. The summed E-state index contributed by atoms with van der Waals surface area (Å²) >= 11 is 0. The number of piperidine rings is 2. The lowest BCUT2D eigenvalue weighted by Gasteiger charge is -2.38. The summed E-state index contributed by atoms with van der Waals surface area (Å²) < 4.78 is 0. The van der Waals surface area contributed by atoms with Crippen molar-refractivity contribution in [3.05, 3.63) is 35.9 Å². The van der Waals surface area contributed by atoms with Gasteiger partial charge in [0.15, 0.2) is 5.96 Å². The predicted molar refractivity (Wildman–Crippen MR) is 123 cm³/mol. The molecule has 0 bridgehead atoms. The molecule has 2 aliphatic heterocycles. The molecule has 2 aliphatic rings. The lowest BCUT2D eigenvalue weighted by atomic mass is 9.94. The fourth-order valence-corrected chi connectivity index (χ4v) is 4.63. The number of hydrogen-bond donors (Lipinski definition) is 2. The first-order valence-corrected chi connectivity index (χ1v) is 11.7. The molecule has 0 saturated carbocycles. The van der Waals surface area contributed by atoms with Gasteiger partial charge in [-0.15, -0.1) is 0 Å². The summed E-state index contributed by atoms with van der Waals surface area (Å²) in [5.74, 6) is 1.85. The van der Waals surface area contributed by atoms with E-state index in [0.29, 0.717) is 12.1 Å². The molecule has 1 aromatic carbocycles. The lowest BCUT2D eigenvalue weighted by molar-refractivity contribution is 0.134. The van der Waals surface area contributed by atoms with Crippen LogP contribution in [-0.2, 0) is 6.54 Å². The lowest BCUT2D eigenvalue weighted by Crippen LogP contribution is -2.51. The molecule has 0 radical (unpaired) electrons. The van der Waals surface area contributed by atoms with Gasteiger partial charge in [-0.1, -0.05) is 30.3 Å². The van der Waals surface area contributed by atoms with Crippen molar-refractivity contribution in [2.24, 2.45) is 10.9 Å². The van der Waals surface area contributed by atoms with Crippen molar-refractivity contribution in [3.63, 3.8) is 0 Å². The summed E-state index contributed by atoms with van der Waals surface area (Å²) in [6.07, 6.45) is 6.22. The predicted octanol–water partition coefficient (Wildman–Crippen LogP) is 3.33. The molecule has 2 fully saturated rings. The Labute approximate surface area is 178 Å². The van der Waals surface area contributed by atoms with Gasteiger partial charge in [-0.05, 0) is 77.6 Å². The summed E-state index contributed by atoms with van der Waals surface area (Å²) in [6, 6.07) is 11.9. The second-order valence-electron chi connectivity index (χ2n) is 8.97. The van der Waals surface area contributed by atoms with E-state index in [0.717, 1.165) is 38.1 Å². The highest BCUT2D eigenvalue weighted by Crippen LogP contribution is 2.21. The van der Waals surface area contributed by atoms with Crippen LogP contribution in [0.4, 0.5) is 0 Å². The van der Waals surface area contributed by atoms with Gasteiger partial charge in [-0.2, -0.15) is 0 Å². The van der Waals surface area contributed by atoms with Gasteiger partial charge < -0.3 is 15.5 Å². The molecule has 0 aliphatic carbocycles. The van der Waals surface area contributed by atoms with E-state index in [-0.39, 0.29) is 0 Å². The van der Waals surface area contributed by atoms with Crippen LogP contribution in [-0.4, -0.2) is 67.6 Å². The molecular formula is C24H41N5. The first-order valence-electron chi connectivity index (χ1n) is 11.7. The van der Waals surface area contributed by atoms with Gasteiger partial charge in [-0.25, -0.2) is 0 Å². The summed E-state index contributed by atoms with van der Waals surface area (Å²) in [5.41, 5.74) is 1.41. The van der Waals surface area contributed by atoms with Gasteiger partial charge in [0.25, 0.3) is 0 Å². The monoisotopic (exact) mass is 399 g/mol. The molecule has 0 aromatic heterocycles. The van der Waals surface area contributed by atoms with Crippen molar-refractivity contribution in [1.82, 2.24) is 20.4 Å². The van der Waals surface area contributed by atoms with E-state index in [4.69, 9.17) is 4.99 Å². The second kappa shape index (κ2) is 11.6. The van der Waals surface area contributed by atoms with Crippen LogP contribution in [0.25, 0.3) is 0 Å².